The monoisotopic (exact) mass is 350 g/mol. The van der Waals surface area contributed by atoms with Crippen LogP contribution in [-0.4, -0.2) is 38.6 Å². The molecule has 0 unspecified atom stereocenters. The first-order valence-corrected chi connectivity index (χ1v) is 8.73. The Morgan fingerprint density at radius 1 is 1.27 bits per heavy atom. The number of nitrogens with zero attached hydrogens (tertiary/aromatic N) is 4. The van der Waals surface area contributed by atoms with Crippen molar-refractivity contribution in [2.24, 2.45) is 13.0 Å². The van der Waals surface area contributed by atoms with Crippen molar-refractivity contribution in [3.8, 4) is 5.69 Å². The fourth-order valence-electron chi connectivity index (χ4n) is 3.49. The van der Waals surface area contributed by atoms with Gasteiger partial charge in [-0.25, -0.2) is 4.68 Å². The van der Waals surface area contributed by atoms with Crippen LogP contribution in [0.1, 0.15) is 17.2 Å². The molecule has 2 aromatic heterocycles. The van der Waals surface area contributed by atoms with E-state index >= 15 is 0 Å². The predicted molar refractivity (Wildman–Crippen MR) is 99.2 cm³/mol. The van der Waals surface area contributed by atoms with E-state index in [2.05, 4.69) is 20.8 Å². The second kappa shape index (κ2) is 6.76. The van der Waals surface area contributed by atoms with Crippen molar-refractivity contribution in [3.05, 3.63) is 60.2 Å². The summed E-state index contributed by atoms with van der Waals surface area (Å²) < 4.78 is 3.56. The third kappa shape index (κ3) is 3.13. The molecule has 7 heteroatoms. The van der Waals surface area contributed by atoms with Crippen molar-refractivity contribution in [2.45, 2.75) is 12.8 Å². The number of aromatic nitrogens is 4. The lowest BCUT2D eigenvalue weighted by Crippen LogP contribution is -2.28. The zero-order valence-electron chi connectivity index (χ0n) is 14.9. The Morgan fingerprint density at radius 2 is 2.12 bits per heavy atom. The number of anilines is 1. The maximum absolute atomic E-state index is 13.0. The zero-order valence-corrected chi connectivity index (χ0v) is 14.9. The number of hydrogen-bond acceptors (Lipinski definition) is 4. The molecular formula is C19H22N6O. The molecule has 0 radical (unpaired) electrons. The maximum atomic E-state index is 13.0. The maximum Gasteiger partial charge on any atom is 0.229 e. The van der Waals surface area contributed by atoms with Crippen LogP contribution in [0.5, 0.6) is 0 Å². The van der Waals surface area contributed by atoms with Gasteiger partial charge in [-0.2, -0.15) is 10.2 Å². The minimum Gasteiger partial charge on any atom is -0.324 e. The summed E-state index contributed by atoms with van der Waals surface area (Å²) in [6.07, 6.45) is 5.73. The number of hydrogen-bond donors (Lipinski definition) is 2. The standard InChI is InChI=1S/C19H22N6O/c1-13-7-8-25(23-13)18-6-4-3-5-17(18)22-19(26)16-11-20-10-15(16)14-9-21-24(2)12-14/h3-9,12,15-16,20H,10-11H2,1-2H3,(H,22,26)/t15-,16+/m1/s1. The highest BCUT2D eigenvalue weighted by atomic mass is 16.2. The van der Waals surface area contributed by atoms with Gasteiger partial charge in [-0.05, 0) is 30.7 Å². The average Bonchev–Trinajstić information content (AvgIpc) is 3.35. The molecule has 1 aliphatic heterocycles. The van der Waals surface area contributed by atoms with E-state index in [0.717, 1.165) is 29.2 Å². The van der Waals surface area contributed by atoms with Gasteiger partial charge in [-0.15, -0.1) is 0 Å². The molecule has 0 saturated carbocycles. The van der Waals surface area contributed by atoms with E-state index in [1.54, 1.807) is 9.36 Å². The molecule has 26 heavy (non-hydrogen) atoms. The van der Waals surface area contributed by atoms with Crippen LogP contribution >= 0.6 is 0 Å². The summed E-state index contributed by atoms with van der Waals surface area (Å²) in [5.74, 6) is 0.00889. The number of carbonyl (C=O) groups excluding carboxylic acids is 1. The van der Waals surface area contributed by atoms with Gasteiger partial charge in [0.05, 0.1) is 29.2 Å². The number of nitrogens with one attached hydrogen (secondary N) is 2. The Labute approximate surface area is 152 Å². The highest BCUT2D eigenvalue weighted by molar-refractivity contribution is 5.95. The first-order valence-electron chi connectivity index (χ1n) is 8.73. The fraction of sp³-hybridized carbons (Fsp3) is 0.316. The molecule has 3 aromatic rings. The second-order valence-electron chi connectivity index (χ2n) is 6.73. The van der Waals surface area contributed by atoms with Gasteiger partial charge in [0.15, 0.2) is 0 Å². The molecule has 4 rings (SSSR count). The third-order valence-electron chi connectivity index (χ3n) is 4.84. The smallest absolute Gasteiger partial charge is 0.229 e. The van der Waals surface area contributed by atoms with E-state index in [0.29, 0.717) is 6.54 Å². The van der Waals surface area contributed by atoms with Gasteiger partial charge in [-0.3, -0.25) is 9.48 Å². The van der Waals surface area contributed by atoms with Crippen molar-refractivity contribution in [3.63, 3.8) is 0 Å². The van der Waals surface area contributed by atoms with Crippen LogP contribution in [0.15, 0.2) is 48.9 Å². The number of aryl methyl sites for hydroxylation is 2. The Balaban J connectivity index is 1.57. The fourth-order valence-corrected chi connectivity index (χ4v) is 3.49. The first kappa shape index (κ1) is 16.5. The van der Waals surface area contributed by atoms with Crippen LogP contribution < -0.4 is 10.6 Å². The molecule has 0 bridgehead atoms. The Hall–Kier alpha value is -2.93. The van der Waals surface area contributed by atoms with Crippen LogP contribution in [-0.2, 0) is 11.8 Å². The zero-order chi connectivity index (χ0) is 18.1. The molecule has 3 heterocycles. The number of rotatable bonds is 4. The van der Waals surface area contributed by atoms with Crippen LogP contribution in [0.3, 0.4) is 0 Å². The molecule has 1 fully saturated rings. The summed E-state index contributed by atoms with van der Waals surface area (Å²) in [5, 5.41) is 15.1. The van der Waals surface area contributed by atoms with Crippen molar-refractivity contribution in [1.29, 1.82) is 0 Å². The first-order chi connectivity index (χ1) is 12.6. The largest absolute Gasteiger partial charge is 0.324 e. The molecular weight excluding hydrogens is 328 g/mol. The van der Waals surface area contributed by atoms with Gasteiger partial charge >= 0.3 is 0 Å². The number of carbonyl (C=O) groups is 1. The van der Waals surface area contributed by atoms with Crippen LogP contribution in [0.25, 0.3) is 5.69 Å². The van der Waals surface area contributed by atoms with E-state index in [1.165, 1.54) is 0 Å². The lowest BCUT2D eigenvalue weighted by Gasteiger charge is -2.18. The number of para-hydroxylation sites is 2. The summed E-state index contributed by atoms with van der Waals surface area (Å²) in [7, 11) is 1.89. The Kier molecular flexibility index (Phi) is 4.30. The van der Waals surface area contributed by atoms with Crippen LogP contribution in [0.4, 0.5) is 5.69 Å². The quantitative estimate of drug-likeness (QED) is 0.753. The molecule has 0 aliphatic carbocycles. The van der Waals surface area contributed by atoms with Crippen molar-refractivity contribution >= 4 is 11.6 Å². The average molecular weight is 350 g/mol. The minimum absolute atomic E-state index is 0.0141. The van der Waals surface area contributed by atoms with E-state index in [1.807, 2.05) is 62.9 Å². The topological polar surface area (TPSA) is 76.8 Å². The lowest BCUT2D eigenvalue weighted by atomic mass is 9.90. The molecule has 1 aliphatic rings. The highest BCUT2D eigenvalue weighted by Gasteiger charge is 2.35. The van der Waals surface area contributed by atoms with Crippen LogP contribution in [0, 0.1) is 12.8 Å². The Bertz CT molecular complexity index is 928. The van der Waals surface area contributed by atoms with E-state index in [4.69, 9.17) is 0 Å². The van der Waals surface area contributed by atoms with Gasteiger partial charge in [0, 0.05) is 38.4 Å². The molecule has 0 spiro atoms. The second-order valence-corrected chi connectivity index (χ2v) is 6.73. The van der Waals surface area contributed by atoms with Gasteiger partial charge in [0.25, 0.3) is 0 Å². The van der Waals surface area contributed by atoms with E-state index in [-0.39, 0.29) is 17.7 Å². The summed E-state index contributed by atoms with van der Waals surface area (Å²) in [6, 6.07) is 9.66. The molecule has 134 valence electrons. The summed E-state index contributed by atoms with van der Waals surface area (Å²) in [6.45, 7) is 3.39. The number of benzene rings is 1. The molecule has 2 N–H and O–H groups in total. The summed E-state index contributed by atoms with van der Waals surface area (Å²) in [5.41, 5.74) is 3.65. The molecule has 2 atom stereocenters. The van der Waals surface area contributed by atoms with Gasteiger partial charge < -0.3 is 10.6 Å². The van der Waals surface area contributed by atoms with Gasteiger partial charge in [-0.1, -0.05) is 12.1 Å². The lowest BCUT2D eigenvalue weighted by molar-refractivity contribution is -0.119. The minimum atomic E-state index is -0.133. The van der Waals surface area contributed by atoms with Crippen molar-refractivity contribution in [2.75, 3.05) is 18.4 Å². The molecule has 7 nitrogen and oxygen atoms in total. The van der Waals surface area contributed by atoms with Gasteiger partial charge in [0.2, 0.25) is 5.91 Å². The van der Waals surface area contributed by atoms with E-state index in [9.17, 15) is 4.79 Å². The summed E-state index contributed by atoms with van der Waals surface area (Å²) in [4.78, 5) is 13.0. The summed E-state index contributed by atoms with van der Waals surface area (Å²) >= 11 is 0. The SMILES string of the molecule is Cc1ccn(-c2ccccc2NC(=O)[C@H]2CNC[C@@H]2c2cnn(C)c2)n1. The normalized spacial score (nSPS) is 19.6. The third-order valence-corrected chi connectivity index (χ3v) is 4.84. The van der Waals surface area contributed by atoms with Crippen LogP contribution in [0.2, 0.25) is 0 Å². The highest BCUT2D eigenvalue weighted by Crippen LogP contribution is 2.29. The van der Waals surface area contributed by atoms with Gasteiger partial charge in [0.1, 0.15) is 0 Å². The molecule has 1 amide bonds. The number of amides is 1. The Morgan fingerprint density at radius 3 is 2.85 bits per heavy atom. The van der Waals surface area contributed by atoms with Crippen molar-refractivity contribution < 1.29 is 4.79 Å². The van der Waals surface area contributed by atoms with E-state index < -0.39 is 0 Å². The molecule has 1 saturated heterocycles. The van der Waals surface area contributed by atoms with Crippen molar-refractivity contribution in [1.82, 2.24) is 24.9 Å². The molecule has 1 aromatic carbocycles. The predicted octanol–water partition coefficient (Wildman–Crippen LogP) is 1.86.